The number of fused-ring (bicyclic) bond motifs is 4. The molecule has 0 saturated carbocycles. The van der Waals surface area contributed by atoms with Crippen LogP contribution < -0.4 is 25.6 Å². The number of carboxylic acids is 1. The fraction of sp³-hybridized carbons (Fsp3) is 0.352. The number of para-hydroxylation sites is 1. The first-order chi connectivity index (χ1) is 33.1. The quantitative estimate of drug-likeness (QED) is 0.0600. The van der Waals surface area contributed by atoms with E-state index in [1.807, 2.05) is 94.4 Å². The summed E-state index contributed by atoms with van der Waals surface area (Å²) >= 11 is 0. The van der Waals surface area contributed by atoms with Crippen LogP contribution in [0.4, 0.5) is 11.4 Å². The van der Waals surface area contributed by atoms with Gasteiger partial charge < -0.3 is 44.9 Å². The number of aryl methyl sites for hydroxylation is 1. The lowest BCUT2D eigenvalue weighted by atomic mass is 9.73. The Morgan fingerprint density at radius 3 is 2.22 bits per heavy atom. The topological polar surface area (TPSA) is 177 Å². The molecule has 2 heterocycles. The molecule has 0 radical (unpaired) electrons. The largest absolute Gasteiger partial charge is 0.478 e. The second-order valence-corrected chi connectivity index (χ2v) is 16.7. The third kappa shape index (κ3) is 12.2. The van der Waals surface area contributed by atoms with Crippen LogP contribution in [0.3, 0.4) is 0 Å². The van der Waals surface area contributed by atoms with Crippen molar-refractivity contribution in [2.45, 2.75) is 53.0 Å². The molecule has 68 heavy (non-hydrogen) atoms. The standard InChI is InChI=1S/C54H61N5O9/c1-5-55-45-32-48-43(29-35(45)3)52(44-30-36(4)46(56-6-2)33-49(44)68-48)41-18-17-39(31-42(41)54(63)64)53(62)58-22-24-66-26-28-67-27-25-65-23-21-57-50(60)19-20-51(61)59-34-40-13-8-7-11-37(40)15-16-38-12-9-10-14-47(38)59/h7-18,29-33,43,52,56H,5-6,19-28,34H2,1-4H3,(H,57,60)(H,58,62)(H,63,64). The average molecular weight is 924 g/mol. The molecular formula is C54H61N5O9. The predicted molar refractivity (Wildman–Crippen MR) is 265 cm³/mol. The molecule has 2 aliphatic heterocycles. The minimum Gasteiger partial charge on any atom is -0.478 e. The van der Waals surface area contributed by atoms with Crippen LogP contribution in [0.2, 0.25) is 0 Å². The molecule has 3 amide bonds. The number of hydrogen-bond donors (Lipinski definition) is 4. The number of benzene rings is 4. The lowest BCUT2D eigenvalue weighted by Crippen LogP contribution is -2.33. The Bertz CT molecular complexity index is 2620. The molecule has 1 aliphatic carbocycles. The fourth-order valence-electron chi connectivity index (χ4n) is 8.70. The first kappa shape index (κ1) is 49.0. The van der Waals surface area contributed by atoms with Gasteiger partial charge in [-0.05, 0) is 85.4 Å². The Morgan fingerprint density at radius 2 is 1.49 bits per heavy atom. The molecule has 4 N–H and O–H groups in total. The molecule has 2 atom stereocenters. The Labute approximate surface area is 398 Å². The molecule has 0 aromatic heterocycles. The van der Waals surface area contributed by atoms with Crippen LogP contribution >= 0.6 is 0 Å². The van der Waals surface area contributed by atoms with Gasteiger partial charge in [-0.25, -0.2) is 4.79 Å². The van der Waals surface area contributed by atoms with Crippen molar-refractivity contribution >= 4 is 52.9 Å². The summed E-state index contributed by atoms with van der Waals surface area (Å²) in [6.07, 6.45) is 8.28. The normalized spacial score (nSPS) is 16.4. The Hall–Kier alpha value is -6.87. The third-order valence-corrected chi connectivity index (χ3v) is 12.1. The molecule has 0 bridgehead atoms. The molecule has 14 heteroatoms. The number of carbonyl (C=O) groups is 4. The van der Waals surface area contributed by atoms with Gasteiger partial charge >= 0.3 is 5.97 Å². The lowest BCUT2D eigenvalue weighted by molar-refractivity contribution is -0.125. The van der Waals surface area contributed by atoms with Crippen LogP contribution in [0, 0.1) is 12.8 Å². The summed E-state index contributed by atoms with van der Waals surface area (Å²) in [5.41, 5.74) is 9.38. The number of carboxylic acid groups (broad SMARTS) is 1. The summed E-state index contributed by atoms with van der Waals surface area (Å²) in [5.74, 6) is -1.20. The van der Waals surface area contributed by atoms with Crippen LogP contribution in [-0.4, -0.2) is 100 Å². The highest BCUT2D eigenvalue weighted by atomic mass is 16.5. The van der Waals surface area contributed by atoms with Gasteiger partial charge in [0.05, 0.1) is 63.1 Å². The number of aromatic carboxylic acids is 1. The highest BCUT2D eigenvalue weighted by Gasteiger charge is 2.39. The number of nitrogens with zero attached hydrogens (tertiary/aromatic N) is 2. The van der Waals surface area contributed by atoms with Crippen molar-refractivity contribution in [1.82, 2.24) is 10.6 Å². The zero-order valence-electron chi connectivity index (χ0n) is 39.3. The Morgan fingerprint density at radius 1 is 0.794 bits per heavy atom. The number of nitrogens with one attached hydrogen (secondary N) is 3. The smallest absolute Gasteiger partial charge is 0.336 e. The molecule has 0 fully saturated rings. The molecule has 356 valence electrons. The van der Waals surface area contributed by atoms with Crippen molar-refractivity contribution in [1.29, 1.82) is 0 Å². The van der Waals surface area contributed by atoms with Crippen molar-refractivity contribution in [2.75, 3.05) is 76.0 Å². The molecule has 0 spiro atoms. The summed E-state index contributed by atoms with van der Waals surface area (Å²) in [6, 6.07) is 24.6. The number of allylic oxidation sites excluding steroid dienone is 3. The second kappa shape index (κ2) is 23.7. The van der Waals surface area contributed by atoms with E-state index in [1.54, 1.807) is 17.0 Å². The number of amides is 3. The van der Waals surface area contributed by atoms with E-state index >= 15 is 0 Å². The first-order valence-electron chi connectivity index (χ1n) is 23.4. The zero-order valence-corrected chi connectivity index (χ0v) is 39.3. The van der Waals surface area contributed by atoms with E-state index in [9.17, 15) is 24.3 Å². The van der Waals surface area contributed by atoms with Gasteiger partial charge in [-0.1, -0.05) is 66.8 Å². The highest BCUT2D eigenvalue weighted by molar-refractivity contribution is 6.09. The van der Waals surface area contributed by atoms with Gasteiger partial charge in [-0.15, -0.1) is 0 Å². The molecule has 14 nitrogen and oxygen atoms in total. The number of rotatable bonds is 21. The maximum absolute atomic E-state index is 13.4. The maximum atomic E-state index is 13.4. The van der Waals surface area contributed by atoms with Crippen molar-refractivity contribution < 1.29 is 43.2 Å². The minimum absolute atomic E-state index is 0.0453. The Balaban J connectivity index is 0.801. The van der Waals surface area contributed by atoms with Crippen LogP contribution in [0.25, 0.3) is 12.2 Å². The van der Waals surface area contributed by atoms with Gasteiger partial charge in [0.25, 0.3) is 5.91 Å². The van der Waals surface area contributed by atoms with Crippen LogP contribution in [-0.2, 0) is 30.3 Å². The number of ether oxygens (including phenoxy) is 4. The van der Waals surface area contributed by atoms with E-state index in [0.717, 1.165) is 57.0 Å². The van der Waals surface area contributed by atoms with Crippen molar-refractivity contribution in [2.24, 2.45) is 10.9 Å². The van der Waals surface area contributed by atoms with Gasteiger partial charge in [0.2, 0.25) is 11.8 Å². The molecule has 2 unspecified atom stereocenters. The van der Waals surface area contributed by atoms with Crippen molar-refractivity contribution in [3.63, 3.8) is 0 Å². The third-order valence-electron chi connectivity index (χ3n) is 12.1. The molecule has 0 saturated heterocycles. The van der Waals surface area contributed by atoms with Crippen molar-refractivity contribution in [3.8, 4) is 5.75 Å². The molecule has 4 aromatic rings. The second-order valence-electron chi connectivity index (χ2n) is 16.7. The summed E-state index contributed by atoms with van der Waals surface area (Å²) in [4.78, 5) is 58.5. The van der Waals surface area contributed by atoms with Crippen molar-refractivity contribution in [3.05, 3.63) is 147 Å². The number of hydrogen-bond acceptors (Lipinski definition) is 10. The fourth-order valence-corrected chi connectivity index (χ4v) is 8.70. The van der Waals surface area contributed by atoms with Crippen LogP contribution in [0.15, 0.2) is 107 Å². The predicted octanol–water partition coefficient (Wildman–Crippen LogP) is 7.96. The molecule has 3 aliphatic rings. The Kier molecular flexibility index (Phi) is 17.1. The summed E-state index contributed by atoms with van der Waals surface area (Å²) in [6.45, 7) is 12.1. The SMILES string of the molecule is CCN=C1C=C2Oc3cc(NCC)c(C)cc3C(c3ccc(C(=O)NCCOCCOCCOCCNC(=O)CCC(=O)N4Cc5ccccc5C=Cc5ccccc54)cc3C(=O)O)C2C=C1C. The van der Waals surface area contributed by atoms with E-state index in [4.69, 9.17) is 18.9 Å². The minimum atomic E-state index is -1.13. The zero-order chi connectivity index (χ0) is 48.0. The molecule has 4 aromatic carbocycles. The summed E-state index contributed by atoms with van der Waals surface area (Å²) < 4.78 is 23.3. The van der Waals surface area contributed by atoms with E-state index in [2.05, 4.69) is 39.2 Å². The maximum Gasteiger partial charge on any atom is 0.336 e. The van der Waals surface area contributed by atoms with Gasteiger partial charge in [-0.3, -0.25) is 19.4 Å². The highest BCUT2D eigenvalue weighted by Crippen LogP contribution is 2.50. The van der Waals surface area contributed by atoms with Gasteiger partial charge in [0.15, 0.2) is 0 Å². The lowest BCUT2D eigenvalue weighted by Gasteiger charge is -2.37. The monoisotopic (exact) mass is 923 g/mol. The van der Waals surface area contributed by atoms with Gasteiger partial charge in [0, 0.05) is 79.8 Å². The van der Waals surface area contributed by atoms with Gasteiger partial charge in [0.1, 0.15) is 11.5 Å². The number of carbonyl (C=O) groups excluding carboxylic acids is 3. The molecular weight excluding hydrogens is 863 g/mol. The summed E-state index contributed by atoms with van der Waals surface area (Å²) in [5, 5.41) is 19.6. The van der Waals surface area contributed by atoms with Crippen LogP contribution in [0.5, 0.6) is 5.75 Å². The molecule has 7 rings (SSSR count). The van der Waals surface area contributed by atoms with E-state index in [1.165, 1.54) is 6.07 Å². The number of anilines is 2. The first-order valence-corrected chi connectivity index (χ1v) is 23.4. The van der Waals surface area contributed by atoms with E-state index in [0.29, 0.717) is 69.7 Å². The average Bonchev–Trinajstić information content (AvgIpc) is 3.33. The van der Waals surface area contributed by atoms with Crippen LogP contribution in [0.1, 0.15) is 93.6 Å². The van der Waals surface area contributed by atoms with E-state index < -0.39 is 11.9 Å². The number of aliphatic imine (C=N–C) groups is 1. The summed E-state index contributed by atoms with van der Waals surface area (Å²) in [7, 11) is 0. The van der Waals surface area contributed by atoms with Gasteiger partial charge in [-0.2, -0.15) is 0 Å². The van der Waals surface area contributed by atoms with E-state index in [-0.39, 0.29) is 60.8 Å².